The molecule has 1 spiro atoms. The lowest BCUT2D eigenvalue weighted by atomic mass is 9.79. The van der Waals surface area contributed by atoms with Crippen molar-refractivity contribution in [3.8, 4) is 0 Å². The fraction of sp³-hybridized carbons (Fsp3) is 0.536. The normalized spacial score (nSPS) is 17.7. The van der Waals surface area contributed by atoms with Crippen molar-refractivity contribution < 1.29 is 27.0 Å². The molecule has 4 rings (SSSR count). The van der Waals surface area contributed by atoms with Crippen molar-refractivity contribution in [2.75, 3.05) is 40.4 Å². The molecule has 1 unspecified atom stereocenters. The average Bonchev–Trinajstić information content (AvgIpc) is 3.66. The molecule has 2 aliphatic rings. The number of aromatic nitrogens is 1. The maximum Gasteiger partial charge on any atom is 0.323 e. The molecule has 1 aromatic carbocycles. The first-order chi connectivity index (χ1) is 19.6. The summed E-state index contributed by atoms with van der Waals surface area (Å²) in [6.07, 6.45) is 4.91. The van der Waals surface area contributed by atoms with Crippen molar-refractivity contribution in [2.24, 2.45) is 5.41 Å². The Labute approximate surface area is 249 Å². The number of carbonyl (C=O) groups is 2. The largest absolute Gasteiger partial charge is 0.466 e. The van der Waals surface area contributed by atoms with Gasteiger partial charge < -0.3 is 15.0 Å². The Morgan fingerprint density at radius 3 is 2.40 bits per heavy atom. The van der Waals surface area contributed by atoms with Crippen LogP contribution in [0, 0.1) is 10.2 Å². The predicted molar refractivity (Wildman–Crippen MR) is 165 cm³/mol. The van der Waals surface area contributed by atoms with E-state index in [0.29, 0.717) is 23.0 Å². The molecule has 227 valence electrons. The molecule has 1 saturated heterocycles. The van der Waals surface area contributed by atoms with Gasteiger partial charge in [-0.1, -0.05) is 12.9 Å². The van der Waals surface area contributed by atoms with Crippen molar-refractivity contribution in [1.29, 1.82) is 4.78 Å². The Kier molecular flexibility index (Phi) is 9.27. The van der Waals surface area contributed by atoms with E-state index in [1.165, 1.54) is 31.0 Å². The van der Waals surface area contributed by atoms with Gasteiger partial charge in [-0.25, -0.2) is 22.4 Å². The van der Waals surface area contributed by atoms with Crippen molar-refractivity contribution in [3.63, 3.8) is 0 Å². The fourth-order valence-corrected chi connectivity index (χ4v) is 6.87. The van der Waals surface area contributed by atoms with Gasteiger partial charge in [-0.2, -0.15) is 0 Å². The molecular formula is C28H39BN5O6S2. The first kappa shape index (κ1) is 31.8. The van der Waals surface area contributed by atoms with Crippen molar-refractivity contribution in [1.82, 2.24) is 4.98 Å². The van der Waals surface area contributed by atoms with Crippen LogP contribution in [0.1, 0.15) is 56.8 Å². The number of anilines is 3. The lowest BCUT2D eigenvalue weighted by Gasteiger charge is -2.35. The van der Waals surface area contributed by atoms with Crippen molar-refractivity contribution >= 4 is 56.1 Å². The van der Waals surface area contributed by atoms with Crippen LogP contribution in [-0.4, -0.2) is 67.0 Å². The number of amides is 1. The third-order valence-corrected chi connectivity index (χ3v) is 11.4. The summed E-state index contributed by atoms with van der Waals surface area (Å²) in [4.78, 5) is 31.9. The SMILES string of the molecule is C[B]CCOC(=O)CS(=O)(=O)Nc1ccc(C(=O)Nc2cccc(S(=N)(=O)C(C)(C)C)n2)c(N2CCC3(CC2)CC3)c1. The zero-order chi connectivity index (χ0) is 30.8. The van der Waals surface area contributed by atoms with Crippen LogP contribution >= 0.6 is 0 Å². The molecule has 1 atom stereocenters. The molecule has 1 aliphatic heterocycles. The molecular weight excluding hydrogens is 577 g/mol. The summed E-state index contributed by atoms with van der Waals surface area (Å²) < 4.78 is 53.5. The van der Waals surface area contributed by atoms with E-state index in [1.54, 1.807) is 39.0 Å². The summed E-state index contributed by atoms with van der Waals surface area (Å²) in [7, 11) is -5.47. The zero-order valence-electron chi connectivity index (χ0n) is 24.6. The first-order valence-electron chi connectivity index (χ1n) is 14.0. The number of piperidine rings is 1. The lowest BCUT2D eigenvalue weighted by Crippen LogP contribution is -2.36. The smallest absolute Gasteiger partial charge is 0.323 e. The summed E-state index contributed by atoms with van der Waals surface area (Å²) in [6.45, 7) is 8.48. The second kappa shape index (κ2) is 12.2. The van der Waals surface area contributed by atoms with E-state index in [0.717, 1.165) is 25.9 Å². The summed E-state index contributed by atoms with van der Waals surface area (Å²) >= 11 is 0. The maximum absolute atomic E-state index is 13.5. The highest BCUT2D eigenvalue weighted by Crippen LogP contribution is 2.54. The first-order valence-corrected chi connectivity index (χ1v) is 17.3. The summed E-state index contributed by atoms with van der Waals surface area (Å²) in [5, 5.41) is 2.84. The van der Waals surface area contributed by atoms with Crippen LogP contribution in [0.5, 0.6) is 0 Å². The minimum absolute atomic E-state index is 0.0786. The van der Waals surface area contributed by atoms with Gasteiger partial charge >= 0.3 is 5.97 Å². The Morgan fingerprint density at radius 2 is 1.79 bits per heavy atom. The quantitative estimate of drug-likeness (QED) is 0.191. The highest BCUT2D eigenvalue weighted by atomic mass is 32.2. The third kappa shape index (κ3) is 7.63. The van der Waals surface area contributed by atoms with Crippen LogP contribution in [-0.2, 0) is 29.3 Å². The lowest BCUT2D eigenvalue weighted by molar-refractivity contribution is -0.139. The Bertz CT molecular complexity index is 1540. The molecule has 11 nitrogen and oxygen atoms in total. The molecule has 2 aromatic rings. The molecule has 1 aromatic heterocycles. The van der Waals surface area contributed by atoms with Crippen LogP contribution in [0.25, 0.3) is 0 Å². The van der Waals surface area contributed by atoms with Gasteiger partial charge in [0.15, 0.2) is 5.75 Å². The predicted octanol–water partition coefficient (Wildman–Crippen LogP) is 4.37. The molecule has 3 N–H and O–H groups in total. The minimum atomic E-state index is -4.05. The number of carbonyl (C=O) groups excluding carboxylic acids is 2. The van der Waals surface area contributed by atoms with E-state index in [4.69, 9.17) is 9.52 Å². The van der Waals surface area contributed by atoms with E-state index in [-0.39, 0.29) is 23.1 Å². The van der Waals surface area contributed by atoms with Crippen LogP contribution in [0.2, 0.25) is 13.1 Å². The highest BCUT2D eigenvalue weighted by molar-refractivity contribution is 7.93. The molecule has 1 amide bonds. The molecule has 1 saturated carbocycles. The highest BCUT2D eigenvalue weighted by Gasteiger charge is 2.44. The second-order valence-corrected chi connectivity index (χ2v) is 16.5. The Morgan fingerprint density at radius 1 is 1.10 bits per heavy atom. The van der Waals surface area contributed by atoms with E-state index in [1.807, 2.05) is 14.1 Å². The fourth-order valence-electron chi connectivity index (χ4n) is 4.79. The number of pyridine rings is 1. The second-order valence-electron chi connectivity index (χ2n) is 12.0. The number of esters is 1. The zero-order valence-corrected chi connectivity index (χ0v) is 26.2. The van der Waals surface area contributed by atoms with E-state index in [2.05, 4.69) is 19.9 Å². The topological polar surface area (TPSA) is 159 Å². The van der Waals surface area contributed by atoms with E-state index in [9.17, 15) is 22.2 Å². The number of benzene rings is 1. The van der Waals surface area contributed by atoms with Gasteiger partial charge in [-0.15, -0.1) is 0 Å². The standard InChI is InChI=1S/C28H39BN5O6S2/c1-27(2,3)42(30,39)24-7-5-6-23(31-24)32-26(36)21-9-8-20(33-41(37,38)19-25(35)40-17-14-29-4)18-22(21)34-15-12-28(10-11-28)13-16-34/h5-9,18,30,33H,10-17,19H2,1-4H3,(H,31,32,36). The number of rotatable bonds is 11. The monoisotopic (exact) mass is 616 g/mol. The van der Waals surface area contributed by atoms with Gasteiger partial charge in [0.05, 0.1) is 38.0 Å². The Hall–Kier alpha value is -3.13. The van der Waals surface area contributed by atoms with Crippen LogP contribution in [0.3, 0.4) is 0 Å². The minimum Gasteiger partial charge on any atom is -0.466 e. The van der Waals surface area contributed by atoms with E-state index >= 15 is 0 Å². The molecule has 42 heavy (non-hydrogen) atoms. The van der Waals surface area contributed by atoms with Crippen LogP contribution < -0.4 is 14.9 Å². The molecule has 0 bridgehead atoms. The van der Waals surface area contributed by atoms with Crippen molar-refractivity contribution in [2.45, 2.75) is 69.4 Å². The number of hydrogen-bond acceptors (Lipinski definition) is 9. The molecule has 1 radical (unpaired) electrons. The van der Waals surface area contributed by atoms with Crippen LogP contribution in [0.15, 0.2) is 41.4 Å². The number of sulfonamides is 1. The number of hydrogen-bond donors (Lipinski definition) is 3. The average molecular weight is 617 g/mol. The molecule has 2 fully saturated rings. The molecule has 1 aliphatic carbocycles. The van der Waals surface area contributed by atoms with Gasteiger partial charge in [0, 0.05) is 13.1 Å². The van der Waals surface area contributed by atoms with Gasteiger partial charge in [-0.3, -0.25) is 14.3 Å². The summed E-state index contributed by atoms with van der Waals surface area (Å²) in [6, 6.07) is 9.29. The van der Waals surface area contributed by atoms with Gasteiger partial charge in [-0.05, 0) is 88.5 Å². The number of nitrogens with one attached hydrogen (secondary N) is 3. The molecule has 2 heterocycles. The number of nitrogens with zero attached hydrogens (tertiary/aromatic N) is 2. The van der Waals surface area contributed by atoms with Gasteiger partial charge in [0.2, 0.25) is 10.0 Å². The van der Waals surface area contributed by atoms with Crippen molar-refractivity contribution in [3.05, 3.63) is 42.0 Å². The Balaban J connectivity index is 1.58. The summed E-state index contributed by atoms with van der Waals surface area (Å²) in [5.74, 6) is -1.98. The van der Waals surface area contributed by atoms with Gasteiger partial charge in [0.25, 0.3) is 5.91 Å². The third-order valence-electron chi connectivity index (χ3n) is 7.74. The molecule has 14 heteroatoms. The number of ether oxygens (including phenoxy) is 1. The van der Waals surface area contributed by atoms with Gasteiger partial charge in [0.1, 0.15) is 18.1 Å². The van der Waals surface area contributed by atoms with Crippen LogP contribution in [0.4, 0.5) is 17.2 Å². The summed E-state index contributed by atoms with van der Waals surface area (Å²) in [5.41, 5.74) is 1.48. The maximum atomic E-state index is 13.5. The van der Waals surface area contributed by atoms with E-state index < -0.39 is 42.1 Å².